The van der Waals surface area contributed by atoms with Gasteiger partial charge in [-0.2, -0.15) is 0 Å². The lowest BCUT2D eigenvalue weighted by atomic mass is 10.00. The molecule has 1 aromatic heterocycles. The zero-order valence-electron chi connectivity index (χ0n) is 9.29. The molecule has 15 heavy (non-hydrogen) atoms. The van der Waals surface area contributed by atoms with Crippen LogP contribution in [0.5, 0.6) is 0 Å². The van der Waals surface area contributed by atoms with E-state index in [0.29, 0.717) is 12.5 Å². The van der Waals surface area contributed by atoms with Crippen LogP contribution in [0.25, 0.3) is 10.1 Å². The van der Waals surface area contributed by atoms with Crippen LogP contribution in [0.3, 0.4) is 0 Å². The number of fused-ring (bicyclic) bond motifs is 1. The van der Waals surface area contributed by atoms with E-state index < -0.39 is 0 Å². The lowest BCUT2D eigenvalue weighted by Gasteiger charge is -2.05. The Morgan fingerprint density at radius 2 is 2.00 bits per heavy atom. The largest absolute Gasteiger partial charge is 0.326 e. The topological polar surface area (TPSA) is 26.0 Å². The zero-order valence-corrected chi connectivity index (χ0v) is 10.1. The second-order valence-corrected chi connectivity index (χ2v) is 5.44. The highest BCUT2D eigenvalue weighted by molar-refractivity contribution is 7.19. The fraction of sp³-hybridized carbons (Fsp3) is 0.385. The Morgan fingerprint density at radius 3 is 2.67 bits per heavy atom. The van der Waals surface area contributed by atoms with E-state index in [2.05, 4.69) is 38.1 Å². The summed E-state index contributed by atoms with van der Waals surface area (Å²) in [5.41, 5.74) is 7.27. The SMILES string of the molecule is CC(C)Cc1c(CN)sc2ccccc12. The molecule has 0 unspecified atom stereocenters. The van der Waals surface area contributed by atoms with Crippen molar-refractivity contribution in [2.45, 2.75) is 26.8 Å². The minimum atomic E-state index is 0.668. The summed E-state index contributed by atoms with van der Waals surface area (Å²) >= 11 is 1.84. The lowest BCUT2D eigenvalue weighted by molar-refractivity contribution is 0.647. The van der Waals surface area contributed by atoms with Crippen molar-refractivity contribution in [3.05, 3.63) is 34.7 Å². The molecule has 2 aromatic rings. The fourth-order valence-electron chi connectivity index (χ4n) is 1.95. The summed E-state index contributed by atoms with van der Waals surface area (Å²) in [6.07, 6.45) is 1.14. The number of benzene rings is 1. The van der Waals surface area contributed by atoms with Crippen LogP contribution in [0.2, 0.25) is 0 Å². The van der Waals surface area contributed by atoms with Crippen molar-refractivity contribution in [1.29, 1.82) is 0 Å². The summed E-state index contributed by atoms with van der Waals surface area (Å²) in [5.74, 6) is 0.688. The molecule has 0 saturated heterocycles. The van der Waals surface area contributed by atoms with Gasteiger partial charge in [0.1, 0.15) is 0 Å². The van der Waals surface area contributed by atoms with Crippen molar-refractivity contribution >= 4 is 21.4 Å². The molecule has 0 radical (unpaired) electrons. The molecule has 0 spiro atoms. The van der Waals surface area contributed by atoms with E-state index in [4.69, 9.17) is 5.73 Å². The van der Waals surface area contributed by atoms with Gasteiger partial charge in [0.25, 0.3) is 0 Å². The molecule has 0 saturated carbocycles. The van der Waals surface area contributed by atoms with Crippen LogP contribution in [-0.4, -0.2) is 0 Å². The predicted molar refractivity (Wildman–Crippen MR) is 68.3 cm³/mol. The Bertz CT molecular complexity index is 457. The smallest absolute Gasteiger partial charge is 0.0349 e. The first-order chi connectivity index (χ1) is 7.22. The van der Waals surface area contributed by atoms with Crippen LogP contribution in [0.15, 0.2) is 24.3 Å². The highest BCUT2D eigenvalue weighted by Gasteiger charge is 2.11. The van der Waals surface area contributed by atoms with E-state index in [9.17, 15) is 0 Å². The third-order valence-corrected chi connectivity index (χ3v) is 3.82. The van der Waals surface area contributed by atoms with Gasteiger partial charge in [0.05, 0.1) is 0 Å². The molecule has 0 bridgehead atoms. The number of thiophene rings is 1. The second kappa shape index (κ2) is 4.33. The molecule has 2 N–H and O–H groups in total. The second-order valence-electron chi connectivity index (χ2n) is 4.30. The minimum Gasteiger partial charge on any atom is -0.326 e. The maximum absolute atomic E-state index is 5.80. The van der Waals surface area contributed by atoms with Crippen LogP contribution in [0, 0.1) is 5.92 Å². The van der Waals surface area contributed by atoms with Crippen molar-refractivity contribution in [3.63, 3.8) is 0 Å². The van der Waals surface area contributed by atoms with Crippen molar-refractivity contribution in [3.8, 4) is 0 Å². The van der Waals surface area contributed by atoms with Crippen molar-refractivity contribution in [2.24, 2.45) is 11.7 Å². The monoisotopic (exact) mass is 219 g/mol. The summed E-state index contributed by atoms with van der Waals surface area (Å²) in [6.45, 7) is 5.18. The van der Waals surface area contributed by atoms with Crippen LogP contribution in [0.1, 0.15) is 24.3 Å². The molecule has 0 aliphatic rings. The highest BCUT2D eigenvalue weighted by Crippen LogP contribution is 2.32. The third-order valence-electron chi connectivity index (χ3n) is 2.58. The minimum absolute atomic E-state index is 0.668. The molecule has 0 fully saturated rings. The first-order valence-corrected chi connectivity index (χ1v) is 6.23. The summed E-state index contributed by atoms with van der Waals surface area (Å²) in [5, 5.41) is 1.40. The standard InChI is InChI=1S/C13H17NS/c1-9(2)7-11-10-5-3-4-6-12(10)15-13(11)8-14/h3-6,9H,7-8,14H2,1-2H3. The van der Waals surface area contributed by atoms with E-state index in [0.717, 1.165) is 6.42 Å². The van der Waals surface area contributed by atoms with Gasteiger partial charge in [0.2, 0.25) is 0 Å². The maximum atomic E-state index is 5.80. The first kappa shape index (κ1) is 10.7. The van der Waals surface area contributed by atoms with Gasteiger partial charge in [-0.15, -0.1) is 11.3 Å². The Morgan fingerprint density at radius 1 is 1.27 bits per heavy atom. The van der Waals surface area contributed by atoms with Crippen LogP contribution < -0.4 is 5.73 Å². The molecule has 1 nitrogen and oxygen atoms in total. The Hall–Kier alpha value is -0.860. The molecule has 0 atom stereocenters. The normalized spacial score (nSPS) is 11.5. The summed E-state index contributed by atoms with van der Waals surface area (Å²) in [4.78, 5) is 1.35. The number of hydrogen-bond donors (Lipinski definition) is 1. The van der Waals surface area contributed by atoms with Crippen molar-refractivity contribution < 1.29 is 0 Å². The molecule has 2 rings (SSSR count). The van der Waals surface area contributed by atoms with E-state index >= 15 is 0 Å². The quantitative estimate of drug-likeness (QED) is 0.839. The molecule has 80 valence electrons. The number of hydrogen-bond acceptors (Lipinski definition) is 2. The van der Waals surface area contributed by atoms with Gasteiger partial charge in [0.15, 0.2) is 0 Å². The first-order valence-electron chi connectivity index (χ1n) is 5.41. The molecule has 0 aliphatic heterocycles. The molecular weight excluding hydrogens is 202 g/mol. The summed E-state index contributed by atoms with van der Waals surface area (Å²) in [7, 11) is 0. The van der Waals surface area contributed by atoms with E-state index in [1.54, 1.807) is 0 Å². The van der Waals surface area contributed by atoms with Crippen LogP contribution >= 0.6 is 11.3 Å². The molecule has 0 aliphatic carbocycles. The molecular formula is C13H17NS. The van der Waals surface area contributed by atoms with Crippen molar-refractivity contribution in [1.82, 2.24) is 0 Å². The van der Waals surface area contributed by atoms with Gasteiger partial charge in [-0.1, -0.05) is 32.0 Å². The van der Waals surface area contributed by atoms with Gasteiger partial charge >= 0.3 is 0 Å². The Kier molecular flexibility index (Phi) is 3.08. The van der Waals surface area contributed by atoms with E-state index in [1.807, 2.05) is 11.3 Å². The average Bonchev–Trinajstić information content (AvgIpc) is 2.56. The number of rotatable bonds is 3. The van der Waals surface area contributed by atoms with Gasteiger partial charge in [-0.05, 0) is 29.4 Å². The van der Waals surface area contributed by atoms with Gasteiger partial charge < -0.3 is 5.73 Å². The highest BCUT2D eigenvalue weighted by atomic mass is 32.1. The third kappa shape index (κ3) is 2.06. The Balaban J connectivity index is 2.56. The van der Waals surface area contributed by atoms with Gasteiger partial charge in [0, 0.05) is 16.1 Å². The summed E-state index contributed by atoms with van der Waals surface area (Å²) < 4.78 is 1.37. The fourth-order valence-corrected chi connectivity index (χ4v) is 3.06. The van der Waals surface area contributed by atoms with Crippen LogP contribution in [0.4, 0.5) is 0 Å². The molecule has 0 amide bonds. The van der Waals surface area contributed by atoms with E-state index in [1.165, 1.54) is 20.5 Å². The summed E-state index contributed by atoms with van der Waals surface area (Å²) in [6, 6.07) is 8.60. The van der Waals surface area contributed by atoms with Crippen molar-refractivity contribution in [2.75, 3.05) is 0 Å². The molecule has 2 heteroatoms. The van der Waals surface area contributed by atoms with Gasteiger partial charge in [-0.25, -0.2) is 0 Å². The van der Waals surface area contributed by atoms with Gasteiger partial charge in [-0.3, -0.25) is 0 Å². The Labute approximate surface area is 94.9 Å². The van der Waals surface area contributed by atoms with E-state index in [-0.39, 0.29) is 0 Å². The van der Waals surface area contributed by atoms with Crippen LogP contribution in [-0.2, 0) is 13.0 Å². The lowest BCUT2D eigenvalue weighted by Crippen LogP contribution is -2.00. The average molecular weight is 219 g/mol. The molecule has 1 heterocycles. The molecule has 1 aromatic carbocycles. The zero-order chi connectivity index (χ0) is 10.8. The number of nitrogens with two attached hydrogens (primary N) is 1. The maximum Gasteiger partial charge on any atom is 0.0349 e. The predicted octanol–water partition coefficient (Wildman–Crippen LogP) is 3.56.